The molecule has 2 aromatic carbocycles. The van der Waals surface area contributed by atoms with Crippen LogP contribution in [0.1, 0.15) is 17.5 Å². The van der Waals surface area contributed by atoms with E-state index >= 15 is 0 Å². The molecule has 114 valence electrons. The first kappa shape index (κ1) is 15.4. The molecule has 0 aliphatic carbocycles. The lowest BCUT2D eigenvalue weighted by Gasteiger charge is -2.11. The lowest BCUT2D eigenvalue weighted by Crippen LogP contribution is -2.18. The van der Waals surface area contributed by atoms with Crippen molar-refractivity contribution >= 4 is 34.8 Å². The van der Waals surface area contributed by atoms with E-state index in [1.54, 1.807) is 0 Å². The third-order valence-electron chi connectivity index (χ3n) is 3.78. The van der Waals surface area contributed by atoms with Gasteiger partial charge in [0.15, 0.2) is 0 Å². The topological polar surface area (TPSA) is 24.4 Å². The van der Waals surface area contributed by atoms with Crippen molar-refractivity contribution in [2.75, 3.05) is 23.9 Å². The van der Waals surface area contributed by atoms with Gasteiger partial charge in [0.1, 0.15) is 0 Å². The van der Waals surface area contributed by atoms with Crippen LogP contribution in [0, 0.1) is 0 Å². The summed E-state index contributed by atoms with van der Waals surface area (Å²) < 4.78 is 0. The molecule has 0 amide bonds. The van der Waals surface area contributed by atoms with Crippen LogP contribution in [0.4, 0.5) is 5.69 Å². The zero-order chi connectivity index (χ0) is 15.4. The molecule has 1 atom stereocenters. The van der Waals surface area contributed by atoms with Crippen molar-refractivity contribution in [1.82, 2.24) is 0 Å². The SMILES string of the molecule is CSCC[C@@H]1CNc2ccc(Cl)cc2C(c2ccccc2)=N1. The molecule has 0 spiro atoms. The summed E-state index contributed by atoms with van der Waals surface area (Å²) in [7, 11) is 0. The first-order chi connectivity index (χ1) is 10.8. The quantitative estimate of drug-likeness (QED) is 0.876. The lowest BCUT2D eigenvalue weighted by atomic mass is 10.0. The fraction of sp³-hybridized carbons (Fsp3) is 0.278. The van der Waals surface area contributed by atoms with E-state index in [0.717, 1.165) is 46.3 Å². The van der Waals surface area contributed by atoms with Crippen LogP contribution < -0.4 is 5.32 Å². The van der Waals surface area contributed by atoms with E-state index in [1.165, 1.54) is 0 Å². The van der Waals surface area contributed by atoms with Crippen molar-refractivity contribution in [3.05, 3.63) is 64.7 Å². The van der Waals surface area contributed by atoms with E-state index in [4.69, 9.17) is 16.6 Å². The Kier molecular flexibility index (Phi) is 5.06. The molecule has 0 unspecified atom stereocenters. The predicted molar refractivity (Wildman–Crippen MR) is 98.8 cm³/mol. The fourth-order valence-corrected chi connectivity index (χ4v) is 3.32. The van der Waals surface area contributed by atoms with Crippen LogP contribution in [-0.4, -0.2) is 30.3 Å². The van der Waals surface area contributed by atoms with Gasteiger partial charge in [0, 0.05) is 28.4 Å². The average Bonchev–Trinajstić information content (AvgIpc) is 2.73. The van der Waals surface area contributed by atoms with Crippen LogP contribution in [0.2, 0.25) is 5.02 Å². The standard InChI is InChI=1S/C18H19ClN2S/c1-22-10-9-15-12-20-17-8-7-14(19)11-16(17)18(21-15)13-5-3-2-4-6-13/h2-8,11,15,20H,9-10,12H2,1H3/t15-/m1/s1. The van der Waals surface area contributed by atoms with Gasteiger partial charge in [-0.25, -0.2) is 0 Å². The molecule has 1 aliphatic rings. The minimum Gasteiger partial charge on any atom is -0.382 e. The Morgan fingerprint density at radius 3 is 2.82 bits per heavy atom. The minimum atomic E-state index is 0.286. The third-order valence-corrected chi connectivity index (χ3v) is 4.66. The highest BCUT2D eigenvalue weighted by Gasteiger charge is 2.19. The normalized spacial score (nSPS) is 17.2. The number of benzodiazepines with no additional fused rings is 1. The van der Waals surface area contributed by atoms with Crippen molar-refractivity contribution < 1.29 is 0 Å². The monoisotopic (exact) mass is 330 g/mol. The van der Waals surface area contributed by atoms with Gasteiger partial charge in [-0.3, -0.25) is 4.99 Å². The number of halogens is 1. The molecule has 0 bridgehead atoms. The van der Waals surface area contributed by atoms with Crippen LogP contribution in [0.3, 0.4) is 0 Å². The number of aliphatic imine (C=N–C) groups is 1. The number of rotatable bonds is 4. The van der Waals surface area contributed by atoms with E-state index in [9.17, 15) is 0 Å². The summed E-state index contributed by atoms with van der Waals surface area (Å²) in [6, 6.07) is 16.6. The van der Waals surface area contributed by atoms with Crippen molar-refractivity contribution in [3.8, 4) is 0 Å². The average molecular weight is 331 g/mol. The Morgan fingerprint density at radius 2 is 2.05 bits per heavy atom. The summed E-state index contributed by atoms with van der Waals surface area (Å²) in [6.45, 7) is 0.867. The molecule has 1 aliphatic heterocycles. The lowest BCUT2D eigenvalue weighted by molar-refractivity contribution is 0.692. The van der Waals surface area contributed by atoms with Crippen LogP contribution in [0.25, 0.3) is 0 Å². The number of hydrogen-bond acceptors (Lipinski definition) is 3. The van der Waals surface area contributed by atoms with Crippen LogP contribution in [0.5, 0.6) is 0 Å². The second kappa shape index (κ2) is 7.21. The molecule has 2 aromatic rings. The number of nitrogens with one attached hydrogen (secondary N) is 1. The van der Waals surface area contributed by atoms with Gasteiger partial charge in [-0.1, -0.05) is 41.9 Å². The van der Waals surface area contributed by atoms with Crippen LogP contribution >= 0.6 is 23.4 Å². The van der Waals surface area contributed by atoms with Gasteiger partial charge in [0.2, 0.25) is 0 Å². The maximum atomic E-state index is 6.22. The number of benzene rings is 2. The second-order valence-electron chi connectivity index (χ2n) is 5.35. The van der Waals surface area contributed by atoms with E-state index in [0.29, 0.717) is 0 Å². The zero-order valence-corrected chi connectivity index (χ0v) is 14.1. The highest BCUT2D eigenvalue weighted by molar-refractivity contribution is 7.98. The van der Waals surface area contributed by atoms with Crippen molar-refractivity contribution in [1.29, 1.82) is 0 Å². The Labute approximate surface area is 141 Å². The number of anilines is 1. The van der Waals surface area contributed by atoms with E-state index in [-0.39, 0.29) is 6.04 Å². The fourth-order valence-electron chi connectivity index (χ4n) is 2.64. The van der Waals surface area contributed by atoms with Crippen molar-refractivity contribution in [2.24, 2.45) is 4.99 Å². The molecule has 0 fully saturated rings. The van der Waals surface area contributed by atoms with E-state index < -0.39 is 0 Å². The highest BCUT2D eigenvalue weighted by atomic mass is 35.5. The summed E-state index contributed by atoms with van der Waals surface area (Å²) in [5.41, 5.74) is 4.38. The van der Waals surface area contributed by atoms with Crippen molar-refractivity contribution in [3.63, 3.8) is 0 Å². The van der Waals surface area contributed by atoms with Crippen LogP contribution in [0.15, 0.2) is 53.5 Å². The molecule has 1 N–H and O–H groups in total. The molecule has 4 heteroatoms. The first-order valence-corrected chi connectivity index (χ1v) is 9.21. The molecule has 1 heterocycles. The zero-order valence-electron chi connectivity index (χ0n) is 12.6. The van der Waals surface area contributed by atoms with Crippen LogP contribution in [-0.2, 0) is 0 Å². The Bertz CT molecular complexity index is 670. The van der Waals surface area contributed by atoms with Gasteiger partial charge in [0.25, 0.3) is 0 Å². The summed E-state index contributed by atoms with van der Waals surface area (Å²) in [4.78, 5) is 5.05. The summed E-state index contributed by atoms with van der Waals surface area (Å²) >= 11 is 8.08. The van der Waals surface area contributed by atoms with Gasteiger partial charge in [-0.05, 0) is 36.6 Å². The molecule has 0 aromatic heterocycles. The molecule has 3 rings (SSSR count). The van der Waals surface area contributed by atoms with E-state index in [2.05, 4.69) is 35.8 Å². The Balaban J connectivity index is 2.06. The van der Waals surface area contributed by atoms with E-state index in [1.807, 2.05) is 36.0 Å². The van der Waals surface area contributed by atoms with Gasteiger partial charge in [0.05, 0.1) is 11.8 Å². The van der Waals surface area contributed by atoms with Crippen molar-refractivity contribution in [2.45, 2.75) is 12.5 Å². The van der Waals surface area contributed by atoms with Gasteiger partial charge in [-0.15, -0.1) is 0 Å². The predicted octanol–water partition coefficient (Wildman–Crippen LogP) is 4.72. The molecular weight excluding hydrogens is 312 g/mol. The van der Waals surface area contributed by atoms with Gasteiger partial charge < -0.3 is 5.32 Å². The first-order valence-electron chi connectivity index (χ1n) is 7.44. The summed E-state index contributed by atoms with van der Waals surface area (Å²) in [5.74, 6) is 1.12. The molecular formula is C18H19ClN2S. The van der Waals surface area contributed by atoms with Gasteiger partial charge >= 0.3 is 0 Å². The minimum absolute atomic E-state index is 0.286. The van der Waals surface area contributed by atoms with Gasteiger partial charge in [-0.2, -0.15) is 11.8 Å². The highest BCUT2D eigenvalue weighted by Crippen LogP contribution is 2.27. The third kappa shape index (κ3) is 3.47. The number of nitrogens with zero attached hydrogens (tertiary/aromatic N) is 1. The smallest absolute Gasteiger partial charge is 0.0744 e. The second-order valence-corrected chi connectivity index (χ2v) is 6.77. The molecule has 0 saturated heterocycles. The molecule has 22 heavy (non-hydrogen) atoms. The Morgan fingerprint density at radius 1 is 1.23 bits per heavy atom. The number of hydrogen-bond donors (Lipinski definition) is 1. The maximum Gasteiger partial charge on any atom is 0.0744 e. The largest absolute Gasteiger partial charge is 0.382 e. The number of thioether (sulfide) groups is 1. The molecule has 0 saturated carbocycles. The molecule has 0 radical (unpaired) electrons. The number of fused-ring (bicyclic) bond motifs is 1. The summed E-state index contributed by atoms with van der Waals surface area (Å²) in [5, 5.41) is 4.27. The Hall–Kier alpha value is -1.45. The summed E-state index contributed by atoms with van der Waals surface area (Å²) in [6.07, 6.45) is 3.21. The molecule has 2 nitrogen and oxygen atoms in total. The maximum absolute atomic E-state index is 6.22.